The van der Waals surface area contributed by atoms with Gasteiger partial charge in [0, 0.05) is 19.6 Å². The molecule has 0 spiro atoms. The first-order chi connectivity index (χ1) is 8.09. The summed E-state index contributed by atoms with van der Waals surface area (Å²) in [6.45, 7) is 3.81. The molecule has 1 aliphatic rings. The molecule has 3 nitrogen and oxygen atoms in total. The van der Waals surface area contributed by atoms with Crippen LogP contribution in [0.15, 0.2) is 18.2 Å². The highest BCUT2D eigenvalue weighted by atomic mass is 35.5. The van der Waals surface area contributed by atoms with Gasteiger partial charge in [-0.05, 0) is 37.6 Å². The van der Waals surface area contributed by atoms with Crippen molar-refractivity contribution in [2.75, 3.05) is 20.1 Å². The second kappa shape index (κ2) is 5.07. The highest BCUT2D eigenvalue weighted by Crippen LogP contribution is 2.20. The summed E-state index contributed by atoms with van der Waals surface area (Å²) in [4.78, 5) is 14.1. The predicted molar refractivity (Wildman–Crippen MR) is 69.6 cm³/mol. The Morgan fingerprint density at radius 1 is 1.53 bits per heavy atom. The van der Waals surface area contributed by atoms with E-state index in [1.54, 1.807) is 11.0 Å². The topological polar surface area (TPSA) is 32.3 Å². The summed E-state index contributed by atoms with van der Waals surface area (Å²) in [6.07, 6.45) is 1.01. The molecule has 0 aliphatic carbocycles. The molecule has 2 rings (SSSR count). The van der Waals surface area contributed by atoms with Gasteiger partial charge in [0.2, 0.25) is 0 Å². The van der Waals surface area contributed by atoms with Gasteiger partial charge in [-0.1, -0.05) is 17.7 Å². The largest absolute Gasteiger partial charge is 0.337 e. The van der Waals surface area contributed by atoms with E-state index in [-0.39, 0.29) is 11.9 Å². The number of hydrogen-bond donors (Lipinski definition) is 1. The third-order valence-electron chi connectivity index (χ3n) is 3.26. The maximum absolute atomic E-state index is 12.3. The van der Waals surface area contributed by atoms with Gasteiger partial charge < -0.3 is 10.2 Å². The molecule has 0 aromatic heterocycles. The first kappa shape index (κ1) is 12.4. The lowest BCUT2D eigenvalue weighted by Gasteiger charge is -2.24. The van der Waals surface area contributed by atoms with Gasteiger partial charge in [0.05, 0.1) is 10.6 Å². The smallest absolute Gasteiger partial charge is 0.255 e. The molecule has 92 valence electrons. The van der Waals surface area contributed by atoms with E-state index in [9.17, 15) is 4.79 Å². The number of likely N-dealkylation sites (N-methyl/N-ethyl adjacent to an activating group) is 1. The van der Waals surface area contributed by atoms with Crippen molar-refractivity contribution in [1.82, 2.24) is 10.2 Å². The third-order valence-corrected chi connectivity index (χ3v) is 3.57. The molecule has 1 aromatic carbocycles. The Morgan fingerprint density at radius 3 is 2.88 bits per heavy atom. The monoisotopic (exact) mass is 252 g/mol. The highest BCUT2D eigenvalue weighted by molar-refractivity contribution is 6.33. The molecule has 1 saturated heterocycles. The molecule has 1 amide bonds. The number of carbonyl (C=O) groups is 1. The molecule has 0 bridgehead atoms. The molecule has 17 heavy (non-hydrogen) atoms. The number of rotatable bonds is 2. The van der Waals surface area contributed by atoms with Gasteiger partial charge >= 0.3 is 0 Å². The standard InChI is InChI=1S/C13H17ClN2O/c1-9-3-4-11(12(14)7-9)13(17)16(2)10-5-6-15-8-10/h3-4,7,10,15H,5-6,8H2,1-2H3. The number of nitrogens with zero attached hydrogens (tertiary/aromatic N) is 1. The second-order valence-corrected chi connectivity index (χ2v) is 4.95. The van der Waals surface area contributed by atoms with Crippen molar-refractivity contribution in [1.29, 1.82) is 0 Å². The van der Waals surface area contributed by atoms with Gasteiger partial charge in [-0.25, -0.2) is 0 Å². The number of halogens is 1. The lowest BCUT2D eigenvalue weighted by Crippen LogP contribution is -2.38. The zero-order valence-corrected chi connectivity index (χ0v) is 10.9. The molecule has 1 heterocycles. The number of aryl methyl sites for hydroxylation is 1. The van der Waals surface area contributed by atoms with Crippen LogP contribution in [0, 0.1) is 6.92 Å². The molecule has 1 N–H and O–H groups in total. The van der Waals surface area contributed by atoms with Crippen LogP contribution in [-0.2, 0) is 0 Å². The van der Waals surface area contributed by atoms with Gasteiger partial charge in [0.15, 0.2) is 0 Å². The molecular formula is C13H17ClN2O. The Morgan fingerprint density at radius 2 is 2.29 bits per heavy atom. The lowest BCUT2D eigenvalue weighted by molar-refractivity contribution is 0.0744. The van der Waals surface area contributed by atoms with Crippen LogP contribution in [0.4, 0.5) is 0 Å². The first-order valence-electron chi connectivity index (χ1n) is 5.83. The fourth-order valence-electron chi connectivity index (χ4n) is 2.12. The molecule has 1 fully saturated rings. The summed E-state index contributed by atoms with van der Waals surface area (Å²) in [5.74, 6) is 0.00343. The number of benzene rings is 1. The van der Waals surface area contributed by atoms with Crippen LogP contribution in [0.1, 0.15) is 22.3 Å². The van der Waals surface area contributed by atoms with E-state index in [0.29, 0.717) is 10.6 Å². The van der Waals surface area contributed by atoms with Crippen LogP contribution in [-0.4, -0.2) is 37.0 Å². The molecule has 0 radical (unpaired) electrons. The van der Waals surface area contributed by atoms with Gasteiger partial charge in [0.1, 0.15) is 0 Å². The summed E-state index contributed by atoms with van der Waals surface area (Å²) in [5.41, 5.74) is 1.66. The van der Waals surface area contributed by atoms with Crippen molar-refractivity contribution in [2.45, 2.75) is 19.4 Å². The van der Waals surface area contributed by atoms with Crippen molar-refractivity contribution in [2.24, 2.45) is 0 Å². The van der Waals surface area contributed by atoms with Crippen LogP contribution in [0.2, 0.25) is 5.02 Å². The summed E-state index contributed by atoms with van der Waals surface area (Å²) in [5, 5.41) is 3.79. The Kier molecular flexibility index (Phi) is 3.69. The van der Waals surface area contributed by atoms with Crippen molar-refractivity contribution in [3.8, 4) is 0 Å². The van der Waals surface area contributed by atoms with Crippen molar-refractivity contribution < 1.29 is 4.79 Å². The van der Waals surface area contributed by atoms with E-state index >= 15 is 0 Å². The van der Waals surface area contributed by atoms with E-state index in [1.165, 1.54) is 0 Å². The first-order valence-corrected chi connectivity index (χ1v) is 6.21. The number of amides is 1. The van der Waals surface area contributed by atoms with Gasteiger partial charge in [-0.3, -0.25) is 4.79 Å². The zero-order valence-electron chi connectivity index (χ0n) is 10.2. The number of nitrogens with one attached hydrogen (secondary N) is 1. The SMILES string of the molecule is Cc1ccc(C(=O)N(C)C2CCNC2)c(Cl)c1. The van der Waals surface area contributed by atoms with Crippen LogP contribution in [0.5, 0.6) is 0 Å². The third kappa shape index (κ3) is 2.61. The average molecular weight is 253 g/mol. The summed E-state index contributed by atoms with van der Waals surface area (Å²) in [6, 6.07) is 5.83. The van der Waals surface area contributed by atoms with Gasteiger partial charge in [-0.15, -0.1) is 0 Å². The van der Waals surface area contributed by atoms with Gasteiger partial charge in [0.25, 0.3) is 5.91 Å². The highest BCUT2D eigenvalue weighted by Gasteiger charge is 2.25. The van der Waals surface area contributed by atoms with Crippen LogP contribution < -0.4 is 5.32 Å². The fourth-order valence-corrected chi connectivity index (χ4v) is 2.44. The van der Waals surface area contributed by atoms with Gasteiger partial charge in [-0.2, -0.15) is 0 Å². The Hall–Kier alpha value is -1.06. The van der Waals surface area contributed by atoms with Crippen LogP contribution >= 0.6 is 11.6 Å². The number of hydrogen-bond acceptors (Lipinski definition) is 2. The molecule has 1 aliphatic heterocycles. The molecule has 1 aromatic rings. The Labute approximate surface area is 107 Å². The van der Waals surface area contributed by atoms with Crippen molar-refractivity contribution >= 4 is 17.5 Å². The molecular weight excluding hydrogens is 236 g/mol. The van der Waals surface area contributed by atoms with E-state index in [1.807, 2.05) is 26.1 Å². The maximum Gasteiger partial charge on any atom is 0.255 e. The van der Waals surface area contributed by atoms with E-state index in [2.05, 4.69) is 5.32 Å². The van der Waals surface area contributed by atoms with Crippen LogP contribution in [0.3, 0.4) is 0 Å². The zero-order chi connectivity index (χ0) is 12.4. The minimum atomic E-state index is 0.00343. The van der Waals surface area contributed by atoms with E-state index < -0.39 is 0 Å². The normalized spacial score (nSPS) is 19.4. The fraction of sp³-hybridized carbons (Fsp3) is 0.462. The predicted octanol–water partition coefficient (Wildman–Crippen LogP) is 2.08. The Balaban J connectivity index is 2.18. The summed E-state index contributed by atoms with van der Waals surface area (Å²) >= 11 is 6.11. The minimum absolute atomic E-state index is 0.00343. The maximum atomic E-state index is 12.3. The Bertz CT molecular complexity index is 427. The van der Waals surface area contributed by atoms with E-state index in [4.69, 9.17) is 11.6 Å². The average Bonchev–Trinajstić information content (AvgIpc) is 2.80. The molecule has 1 atom stereocenters. The molecule has 0 saturated carbocycles. The van der Waals surface area contributed by atoms with Crippen LogP contribution in [0.25, 0.3) is 0 Å². The molecule has 4 heteroatoms. The summed E-state index contributed by atoms with van der Waals surface area (Å²) < 4.78 is 0. The number of carbonyl (C=O) groups excluding carboxylic acids is 1. The second-order valence-electron chi connectivity index (χ2n) is 4.55. The molecule has 1 unspecified atom stereocenters. The minimum Gasteiger partial charge on any atom is -0.337 e. The van der Waals surface area contributed by atoms with E-state index in [0.717, 1.165) is 25.1 Å². The lowest BCUT2D eigenvalue weighted by atomic mass is 10.1. The summed E-state index contributed by atoms with van der Waals surface area (Å²) in [7, 11) is 1.84. The quantitative estimate of drug-likeness (QED) is 0.874. The van der Waals surface area contributed by atoms with Crippen molar-refractivity contribution in [3.05, 3.63) is 34.3 Å². The van der Waals surface area contributed by atoms with Crippen molar-refractivity contribution in [3.63, 3.8) is 0 Å².